The van der Waals surface area contributed by atoms with Gasteiger partial charge in [-0.3, -0.25) is 4.79 Å². The molecule has 0 saturated heterocycles. The SMILES string of the molecule is N#Cc1c(NC(=O)c2cc(Cl)ccc2Cl)sc2c1CCC2. The van der Waals surface area contributed by atoms with Gasteiger partial charge in [-0.15, -0.1) is 11.3 Å². The number of nitrogens with one attached hydrogen (secondary N) is 1. The van der Waals surface area contributed by atoms with Crippen molar-refractivity contribution in [3.63, 3.8) is 0 Å². The predicted octanol–water partition coefficient (Wildman–Crippen LogP) is 4.67. The molecular weight excluding hydrogens is 327 g/mol. The zero-order valence-electron chi connectivity index (χ0n) is 10.9. The van der Waals surface area contributed by atoms with Crippen LogP contribution in [0.15, 0.2) is 18.2 Å². The lowest BCUT2D eigenvalue weighted by Gasteiger charge is -2.06. The highest BCUT2D eigenvalue weighted by atomic mass is 35.5. The van der Waals surface area contributed by atoms with Crippen molar-refractivity contribution in [1.82, 2.24) is 0 Å². The number of hydrogen-bond acceptors (Lipinski definition) is 3. The van der Waals surface area contributed by atoms with E-state index in [-0.39, 0.29) is 5.91 Å². The van der Waals surface area contributed by atoms with Crippen molar-refractivity contribution in [2.75, 3.05) is 5.32 Å². The second-order valence-corrected chi connectivity index (χ2v) is 6.70. The van der Waals surface area contributed by atoms with Crippen molar-refractivity contribution < 1.29 is 4.79 Å². The molecule has 0 unspecified atom stereocenters. The molecular formula is C15H10Cl2N2OS. The van der Waals surface area contributed by atoms with Crippen molar-refractivity contribution >= 4 is 45.4 Å². The smallest absolute Gasteiger partial charge is 0.257 e. The quantitative estimate of drug-likeness (QED) is 0.866. The number of nitriles is 1. The van der Waals surface area contributed by atoms with E-state index in [2.05, 4.69) is 11.4 Å². The van der Waals surface area contributed by atoms with Gasteiger partial charge in [-0.25, -0.2) is 0 Å². The molecule has 21 heavy (non-hydrogen) atoms. The molecule has 1 aromatic heterocycles. The monoisotopic (exact) mass is 336 g/mol. The number of anilines is 1. The van der Waals surface area contributed by atoms with Crippen molar-refractivity contribution in [3.8, 4) is 6.07 Å². The number of hydrogen-bond donors (Lipinski definition) is 1. The van der Waals surface area contributed by atoms with Gasteiger partial charge in [0.25, 0.3) is 5.91 Å². The molecule has 1 amide bonds. The van der Waals surface area contributed by atoms with Gasteiger partial charge in [0, 0.05) is 9.90 Å². The molecule has 0 radical (unpaired) electrons. The number of rotatable bonds is 2. The van der Waals surface area contributed by atoms with Gasteiger partial charge in [-0.1, -0.05) is 23.2 Å². The number of nitrogens with zero attached hydrogens (tertiary/aromatic N) is 1. The molecule has 3 nitrogen and oxygen atoms in total. The van der Waals surface area contributed by atoms with Crippen LogP contribution < -0.4 is 5.32 Å². The fourth-order valence-corrected chi connectivity index (χ4v) is 4.06. The van der Waals surface area contributed by atoms with Gasteiger partial charge in [0.15, 0.2) is 0 Å². The van der Waals surface area contributed by atoms with E-state index >= 15 is 0 Å². The van der Waals surface area contributed by atoms with E-state index < -0.39 is 0 Å². The molecule has 1 aromatic carbocycles. The van der Waals surface area contributed by atoms with E-state index in [0.717, 1.165) is 24.8 Å². The highest BCUT2D eigenvalue weighted by Gasteiger charge is 2.23. The zero-order valence-corrected chi connectivity index (χ0v) is 13.2. The van der Waals surface area contributed by atoms with Crippen LogP contribution in [0.1, 0.15) is 32.8 Å². The first-order chi connectivity index (χ1) is 10.1. The second kappa shape index (κ2) is 5.69. The van der Waals surface area contributed by atoms with Crippen molar-refractivity contribution in [1.29, 1.82) is 5.26 Å². The third kappa shape index (κ3) is 2.65. The molecule has 2 aromatic rings. The molecule has 106 valence electrons. The summed E-state index contributed by atoms with van der Waals surface area (Å²) in [6, 6.07) is 6.92. The molecule has 0 spiro atoms. The molecule has 1 N–H and O–H groups in total. The van der Waals surface area contributed by atoms with E-state index in [4.69, 9.17) is 23.2 Å². The number of fused-ring (bicyclic) bond motifs is 1. The summed E-state index contributed by atoms with van der Waals surface area (Å²) in [5.74, 6) is -0.348. The first-order valence-electron chi connectivity index (χ1n) is 6.41. The van der Waals surface area contributed by atoms with Gasteiger partial charge in [-0.2, -0.15) is 5.26 Å². The van der Waals surface area contributed by atoms with Crippen LogP contribution in [0, 0.1) is 11.3 Å². The Kier molecular flexibility index (Phi) is 3.90. The Morgan fingerprint density at radius 3 is 2.90 bits per heavy atom. The van der Waals surface area contributed by atoms with Crippen LogP contribution in [0.5, 0.6) is 0 Å². The van der Waals surface area contributed by atoms with Crippen LogP contribution in [0.25, 0.3) is 0 Å². The second-order valence-electron chi connectivity index (χ2n) is 4.75. The van der Waals surface area contributed by atoms with Crippen molar-refractivity contribution in [2.24, 2.45) is 0 Å². The lowest BCUT2D eigenvalue weighted by Crippen LogP contribution is -2.12. The largest absolute Gasteiger partial charge is 0.312 e. The molecule has 1 aliphatic carbocycles. The maximum absolute atomic E-state index is 12.3. The number of carbonyl (C=O) groups is 1. The topological polar surface area (TPSA) is 52.9 Å². The summed E-state index contributed by atoms with van der Waals surface area (Å²) in [5.41, 5.74) is 1.97. The van der Waals surface area contributed by atoms with Crippen LogP contribution in [-0.4, -0.2) is 5.91 Å². The molecule has 0 atom stereocenters. The number of thiophene rings is 1. The summed E-state index contributed by atoms with van der Waals surface area (Å²) in [6.07, 6.45) is 2.95. The molecule has 0 aliphatic heterocycles. The average molecular weight is 337 g/mol. The predicted molar refractivity (Wildman–Crippen MR) is 85.5 cm³/mol. The molecule has 6 heteroatoms. The zero-order chi connectivity index (χ0) is 15.0. The fourth-order valence-electron chi connectivity index (χ4n) is 2.45. The summed E-state index contributed by atoms with van der Waals surface area (Å²) in [6.45, 7) is 0. The highest BCUT2D eigenvalue weighted by molar-refractivity contribution is 7.16. The van der Waals surface area contributed by atoms with E-state index in [1.807, 2.05) is 0 Å². The molecule has 1 heterocycles. The van der Waals surface area contributed by atoms with Crippen molar-refractivity contribution in [2.45, 2.75) is 19.3 Å². The van der Waals surface area contributed by atoms with Crippen LogP contribution >= 0.6 is 34.5 Å². The van der Waals surface area contributed by atoms with Gasteiger partial charge in [-0.05, 0) is 43.0 Å². The Bertz CT molecular complexity index is 777. The van der Waals surface area contributed by atoms with Gasteiger partial charge < -0.3 is 5.32 Å². The van der Waals surface area contributed by atoms with Gasteiger partial charge in [0.1, 0.15) is 11.1 Å². The first kappa shape index (κ1) is 14.4. The third-order valence-electron chi connectivity index (χ3n) is 3.43. The third-order valence-corrected chi connectivity index (χ3v) is 5.21. The summed E-state index contributed by atoms with van der Waals surface area (Å²) in [5, 5.41) is 13.5. The van der Waals surface area contributed by atoms with Crippen LogP contribution in [-0.2, 0) is 12.8 Å². The maximum atomic E-state index is 12.3. The Labute approximate surface area is 136 Å². The average Bonchev–Trinajstić information content (AvgIpc) is 3.01. The van der Waals surface area contributed by atoms with Gasteiger partial charge >= 0.3 is 0 Å². The molecule has 3 rings (SSSR count). The summed E-state index contributed by atoms with van der Waals surface area (Å²) < 4.78 is 0. The van der Waals surface area contributed by atoms with Crippen molar-refractivity contribution in [3.05, 3.63) is 49.8 Å². The minimum Gasteiger partial charge on any atom is -0.312 e. The highest BCUT2D eigenvalue weighted by Crippen LogP contribution is 2.38. The Balaban J connectivity index is 1.92. The summed E-state index contributed by atoms with van der Waals surface area (Å²) >= 11 is 13.4. The van der Waals surface area contributed by atoms with Crippen LogP contribution in [0.4, 0.5) is 5.00 Å². The number of halogens is 2. The normalized spacial score (nSPS) is 12.8. The van der Waals surface area contributed by atoms with Crippen LogP contribution in [0.2, 0.25) is 10.0 Å². The maximum Gasteiger partial charge on any atom is 0.257 e. The van der Waals surface area contributed by atoms with E-state index in [1.54, 1.807) is 12.1 Å². The Morgan fingerprint density at radius 2 is 2.14 bits per heavy atom. The summed E-state index contributed by atoms with van der Waals surface area (Å²) in [7, 11) is 0. The molecule has 0 bridgehead atoms. The van der Waals surface area contributed by atoms with E-state index in [0.29, 0.717) is 26.2 Å². The van der Waals surface area contributed by atoms with E-state index in [1.165, 1.54) is 22.3 Å². The fraction of sp³-hybridized carbons (Fsp3) is 0.200. The first-order valence-corrected chi connectivity index (χ1v) is 7.98. The molecule has 1 aliphatic rings. The van der Waals surface area contributed by atoms with Crippen LogP contribution in [0.3, 0.4) is 0 Å². The lowest BCUT2D eigenvalue weighted by molar-refractivity contribution is 0.102. The van der Waals surface area contributed by atoms with E-state index in [9.17, 15) is 10.1 Å². The minimum absolute atomic E-state index is 0.307. The number of amides is 1. The number of aryl methyl sites for hydroxylation is 1. The van der Waals surface area contributed by atoms with Gasteiger partial charge in [0.2, 0.25) is 0 Å². The summed E-state index contributed by atoms with van der Waals surface area (Å²) in [4.78, 5) is 13.5. The minimum atomic E-state index is -0.348. The molecule has 0 fully saturated rings. The Hall–Kier alpha value is -1.54. The lowest BCUT2D eigenvalue weighted by atomic mass is 10.1. The standard InChI is InChI=1S/C15H10Cl2N2OS/c16-8-4-5-12(17)10(6-8)14(20)19-15-11(7-18)9-2-1-3-13(9)21-15/h4-6H,1-3H2,(H,19,20). The molecule has 0 saturated carbocycles. The van der Waals surface area contributed by atoms with Gasteiger partial charge in [0.05, 0.1) is 16.1 Å². The Morgan fingerprint density at radius 1 is 1.33 bits per heavy atom. The number of carbonyl (C=O) groups excluding carboxylic acids is 1. The number of benzene rings is 1.